The molecule has 0 aliphatic carbocycles. The van der Waals surface area contributed by atoms with Crippen LogP contribution in [-0.4, -0.2) is 41.6 Å². The molecule has 0 saturated carbocycles. The number of benzene rings is 2. The highest BCUT2D eigenvalue weighted by molar-refractivity contribution is 5.78. The molecular formula is C20H24N4O. The van der Waals surface area contributed by atoms with Gasteiger partial charge in [0.15, 0.2) is 0 Å². The molecule has 1 heterocycles. The van der Waals surface area contributed by atoms with Crippen LogP contribution in [0.15, 0.2) is 59.4 Å². The lowest BCUT2D eigenvalue weighted by Crippen LogP contribution is -2.26. The predicted octanol–water partition coefficient (Wildman–Crippen LogP) is 2.81. The SMILES string of the molecule is CN(C)CCCNc1nc2ccccc2c(=O)n1Cc1ccccc1. The summed E-state index contributed by atoms with van der Waals surface area (Å²) in [5.74, 6) is 0.631. The Labute approximate surface area is 147 Å². The Morgan fingerprint density at radius 3 is 2.52 bits per heavy atom. The number of rotatable bonds is 7. The molecule has 130 valence electrons. The lowest BCUT2D eigenvalue weighted by atomic mass is 10.2. The Morgan fingerprint density at radius 2 is 1.76 bits per heavy atom. The van der Waals surface area contributed by atoms with E-state index in [1.807, 2.05) is 54.6 Å². The second kappa shape index (κ2) is 7.94. The molecule has 2 aromatic carbocycles. The molecule has 5 heteroatoms. The zero-order chi connectivity index (χ0) is 17.6. The van der Waals surface area contributed by atoms with Crippen LogP contribution in [0.4, 0.5) is 5.95 Å². The maximum Gasteiger partial charge on any atom is 0.263 e. The van der Waals surface area contributed by atoms with E-state index in [1.165, 1.54) is 0 Å². The van der Waals surface area contributed by atoms with E-state index < -0.39 is 0 Å². The maximum atomic E-state index is 13.0. The van der Waals surface area contributed by atoms with Gasteiger partial charge in [-0.05, 0) is 44.8 Å². The molecule has 0 radical (unpaired) electrons. The van der Waals surface area contributed by atoms with Crippen LogP contribution in [0.5, 0.6) is 0 Å². The molecule has 0 amide bonds. The van der Waals surface area contributed by atoms with Gasteiger partial charge in [0, 0.05) is 6.54 Å². The van der Waals surface area contributed by atoms with Gasteiger partial charge in [-0.15, -0.1) is 0 Å². The quantitative estimate of drug-likeness (QED) is 0.674. The van der Waals surface area contributed by atoms with E-state index in [0.717, 1.165) is 30.6 Å². The first-order valence-electron chi connectivity index (χ1n) is 8.57. The van der Waals surface area contributed by atoms with E-state index in [2.05, 4.69) is 29.3 Å². The molecule has 25 heavy (non-hydrogen) atoms. The molecule has 0 spiro atoms. The lowest BCUT2D eigenvalue weighted by molar-refractivity contribution is 0.405. The van der Waals surface area contributed by atoms with Gasteiger partial charge in [-0.2, -0.15) is 0 Å². The molecule has 1 aromatic heterocycles. The first-order chi connectivity index (χ1) is 12.1. The van der Waals surface area contributed by atoms with E-state index in [-0.39, 0.29) is 5.56 Å². The van der Waals surface area contributed by atoms with E-state index in [9.17, 15) is 4.79 Å². The van der Waals surface area contributed by atoms with Crippen LogP contribution in [0.1, 0.15) is 12.0 Å². The Bertz CT molecular complexity index is 887. The van der Waals surface area contributed by atoms with Gasteiger partial charge in [-0.1, -0.05) is 42.5 Å². The van der Waals surface area contributed by atoms with Gasteiger partial charge >= 0.3 is 0 Å². The number of nitrogens with one attached hydrogen (secondary N) is 1. The summed E-state index contributed by atoms with van der Waals surface area (Å²) in [6, 6.07) is 17.5. The maximum absolute atomic E-state index is 13.0. The van der Waals surface area contributed by atoms with Crippen molar-refractivity contribution in [3.63, 3.8) is 0 Å². The van der Waals surface area contributed by atoms with E-state index in [4.69, 9.17) is 0 Å². The molecule has 0 aliphatic rings. The Morgan fingerprint density at radius 1 is 1.04 bits per heavy atom. The number of nitrogens with zero attached hydrogens (tertiary/aromatic N) is 3. The molecule has 0 bridgehead atoms. The molecule has 0 saturated heterocycles. The summed E-state index contributed by atoms with van der Waals surface area (Å²) >= 11 is 0. The van der Waals surface area contributed by atoms with Gasteiger partial charge in [-0.25, -0.2) is 4.98 Å². The molecule has 5 nitrogen and oxygen atoms in total. The first kappa shape index (κ1) is 17.2. The number of hydrogen-bond donors (Lipinski definition) is 1. The van der Waals surface area contributed by atoms with Crippen LogP contribution in [0.2, 0.25) is 0 Å². The van der Waals surface area contributed by atoms with Crippen molar-refractivity contribution in [1.29, 1.82) is 0 Å². The van der Waals surface area contributed by atoms with Crippen molar-refractivity contribution in [3.8, 4) is 0 Å². The van der Waals surface area contributed by atoms with Crippen molar-refractivity contribution < 1.29 is 0 Å². The third kappa shape index (κ3) is 4.25. The van der Waals surface area contributed by atoms with Crippen LogP contribution >= 0.6 is 0 Å². The first-order valence-corrected chi connectivity index (χ1v) is 8.57. The van der Waals surface area contributed by atoms with Crippen LogP contribution in [0.3, 0.4) is 0 Å². The fourth-order valence-corrected chi connectivity index (χ4v) is 2.81. The van der Waals surface area contributed by atoms with Crippen molar-refractivity contribution in [2.24, 2.45) is 0 Å². The zero-order valence-corrected chi connectivity index (χ0v) is 14.8. The fraction of sp³-hybridized carbons (Fsp3) is 0.300. The lowest BCUT2D eigenvalue weighted by Gasteiger charge is -2.16. The number of para-hydroxylation sites is 1. The number of anilines is 1. The molecule has 0 unspecified atom stereocenters. The monoisotopic (exact) mass is 336 g/mol. The van der Waals surface area contributed by atoms with Gasteiger partial charge in [0.25, 0.3) is 5.56 Å². The molecule has 0 aliphatic heterocycles. The summed E-state index contributed by atoms with van der Waals surface area (Å²) in [6.45, 7) is 2.27. The van der Waals surface area contributed by atoms with Crippen molar-refractivity contribution in [2.45, 2.75) is 13.0 Å². The highest BCUT2D eigenvalue weighted by atomic mass is 16.1. The standard InChI is InChI=1S/C20H24N4O/c1-23(2)14-8-13-21-20-22-18-12-7-6-11-17(18)19(25)24(20)15-16-9-4-3-5-10-16/h3-7,9-12H,8,13-15H2,1-2H3,(H,21,22). The summed E-state index contributed by atoms with van der Waals surface area (Å²) in [6.07, 6.45) is 0.987. The molecule has 3 aromatic rings. The van der Waals surface area contributed by atoms with Gasteiger partial charge < -0.3 is 10.2 Å². The molecule has 0 atom stereocenters. The minimum absolute atomic E-state index is 0.00966. The average Bonchev–Trinajstić information content (AvgIpc) is 2.62. The van der Waals surface area contributed by atoms with E-state index in [1.54, 1.807) is 4.57 Å². The highest BCUT2D eigenvalue weighted by Crippen LogP contribution is 2.13. The van der Waals surface area contributed by atoms with Crippen molar-refractivity contribution >= 4 is 16.9 Å². The Kier molecular flexibility index (Phi) is 5.46. The van der Waals surface area contributed by atoms with Crippen LogP contribution in [0, 0.1) is 0 Å². The normalized spacial score (nSPS) is 11.2. The van der Waals surface area contributed by atoms with Crippen LogP contribution < -0.4 is 10.9 Å². The van der Waals surface area contributed by atoms with Gasteiger partial charge in [0.1, 0.15) is 0 Å². The summed E-state index contributed by atoms with van der Waals surface area (Å²) in [5, 5.41) is 4.00. The van der Waals surface area contributed by atoms with Crippen molar-refractivity contribution in [2.75, 3.05) is 32.5 Å². The second-order valence-electron chi connectivity index (χ2n) is 6.41. The number of aromatic nitrogens is 2. The van der Waals surface area contributed by atoms with Crippen LogP contribution in [0.25, 0.3) is 10.9 Å². The molecule has 1 N–H and O–H groups in total. The zero-order valence-electron chi connectivity index (χ0n) is 14.8. The van der Waals surface area contributed by atoms with Crippen molar-refractivity contribution in [3.05, 3.63) is 70.5 Å². The number of fused-ring (bicyclic) bond motifs is 1. The molecule has 3 rings (SSSR count). The number of hydrogen-bond acceptors (Lipinski definition) is 4. The predicted molar refractivity (Wildman–Crippen MR) is 103 cm³/mol. The topological polar surface area (TPSA) is 50.2 Å². The minimum atomic E-state index is -0.00966. The summed E-state index contributed by atoms with van der Waals surface area (Å²) in [5.41, 5.74) is 1.80. The third-order valence-corrected chi connectivity index (χ3v) is 4.11. The summed E-state index contributed by atoms with van der Waals surface area (Å²) in [4.78, 5) is 19.8. The van der Waals surface area contributed by atoms with Gasteiger partial charge in [0.05, 0.1) is 17.4 Å². The van der Waals surface area contributed by atoms with Gasteiger partial charge in [0.2, 0.25) is 5.95 Å². The minimum Gasteiger partial charge on any atom is -0.355 e. The Balaban J connectivity index is 1.94. The van der Waals surface area contributed by atoms with E-state index in [0.29, 0.717) is 17.9 Å². The largest absolute Gasteiger partial charge is 0.355 e. The fourth-order valence-electron chi connectivity index (χ4n) is 2.81. The van der Waals surface area contributed by atoms with Gasteiger partial charge in [-0.3, -0.25) is 9.36 Å². The summed E-state index contributed by atoms with van der Waals surface area (Å²) < 4.78 is 1.73. The second-order valence-corrected chi connectivity index (χ2v) is 6.41. The third-order valence-electron chi connectivity index (χ3n) is 4.11. The Hall–Kier alpha value is -2.66. The summed E-state index contributed by atoms with van der Waals surface area (Å²) in [7, 11) is 4.11. The average molecular weight is 336 g/mol. The van der Waals surface area contributed by atoms with E-state index >= 15 is 0 Å². The molecule has 0 fully saturated rings. The highest BCUT2D eigenvalue weighted by Gasteiger charge is 2.11. The molecular weight excluding hydrogens is 312 g/mol. The van der Waals surface area contributed by atoms with Crippen LogP contribution in [-0.2, 0) is 6.54 Å². The smallest absolute Gasteiger partial charge is 0.263 e. The van der Waals surface area contributed by atoms with Crippen molar-refractivity contribution in [1.82, 2.24) is 14.5 Å².